The maximum absolute atomic E-state index is 6.16. The third-order valence-electron chi connectivity index (χ3n) is 4.20. The Labute approximate surface area is 168 Å². The molecular weight excluding hydrogens is 374 g/mol. The number of nitrogens with one attached hydrogen (secondary N) is 1. The van der Waals surface area contributed by atoms with E-state index < -0.39 is 0 Å². The van der Waals surface area contributed by atoms with E-state index in [1.807, 2.05) is 24.3 Å². The van der Waals surface area contributed by atoms with E-state index in [9.17, 15) is 0 Å². The highest BCUT2D eigenvalue weighted by molar-refractivity contribution is 6.28. The molecule has 6 nitrogen and oxygen atoms in total. The fraction of sp³-hybridized carbons (Fsp3) is 0.190. The molecule has 0 aliphatic heterocycles. The molecule has 0 radical (unpaired) electrons. The summed E-state index contributed by atoms with van der Waals surface area (Å²) in [5.41, 5.74) is 3.60. The van der Waals surface area contributed by atoms with Crippen LogP contribution >= 0.6 is 11.6 Å². The van der Waals surface area contributed by atoms with E-state index in [4.69, 9.17) is 16.3 Å². The van der Waals surface area contributed by atoms with Crippen molar-refractivity contribution < 1.29 is 4.74 Å². The molecule has 0 saturated carbocycles. The van der Waals surface area contributed by atoms with E-state index in [1.54, 1.807) is 12.1 Å². The molecule has 1 N–H and O–H groups in total. The van der Waals surface area contributed by atoms with E-state index in [2.05, 4.69) is 58.7 Å². The lowest BCUT2D eigenvalue weighted by atomic mass is 10.0. The highest BCUT2D eigenvalue weighted by Crippen LogP contribution is 2.35. The molecule has 4 rings (SSSR count). The summed E-state index contributed by atoms with van der Waals surface area (Å²) in [7, 11) is 0. The lowest BCUT2D eigenvalue weighted by molar-refractivity contribution is 0.454. The first-order valence-corrected chi connectivity index (χ1v) is 9.47. The summed E-state index contributed by atoms with van der Waals surface area (Å²) in [4.78, 5) is 0. The van der Waals surface area contributed by atoms with Crippen molar-refractivity contribution in [3.63, 3.8) is 0 Å². The van der Waals surface area contributed by atoms with Crippen molar-refractivity contribution in [1.82, 2.24) is 19.8 Å². The minimum Gasteiger partial charge on any atom is -0.437 e. The van der Waals surface area contributed by atoms with Gasteiger partial charge < -0.3 is 10.1 Å². The molecule has 0 amide bonds. The van der Waals surface area contributed by atoms with Crippen LogP contribution in [0.1, 0.15) is 13.8 Å². The third kappa shape index (κ3) is 3.92. The summed E-state index contributed by atoms with van der Waals surface area (Å²) >= 11 is 6.03. The molecule has 2 aromatic heterocycles. The summed E-state index contributed by atoms with van der Waals surface area (Å²) in [5.74, 6) is 1.65. The molecule has 2 aromatic carbocycles. The molecule has 0 aliphatic rings. The second-order valence-corrected chi connectivity index (χ2v) is 7.20. The van der Waals surface area contributed by atoms with E-state index in [0.29, 0.717) is 23.2 Å². The standard InChI is InChI=1S/C21H20ClN5O/c1-14(2)13-23-16-8-9-17(15-6-4-3-5-7-15)18(12-16)28-20-11-10-19-24-25-21(22)27(19)26-20/h3-12,14,23H,13H2,1-2H3. The van der Waals surface area contributed by atoms with Crippen LogP contribution in [0.25, 0.3) is 16.8 Å². The molecule has 0 bridgehead atoms. The Balaban J connectivity index is 1.72. The largest absolute Gasteiger partial charge is 0.437 e. The number of hydrogen-bond donors (Lipinski definition) is 1. The zero-order chi connectivity index (χ0) is 19.5. The van der Waals surface area contributed by atoms with Gasteiger partial charge in [0.2, 0.25) is 11.2 Å². The van der Waals surface area contributed by atoms with Gasteiger partial charge in [-0.1, -0.05) is 44.2 Å². The molecule has 7 heteroatoms. The Hall–Kier alpha value is -3.12. The molecule has 0 spiro atoms. The van der Waals surface area contributed by atoms with Gasteiger partial charge in [-0.2, -0.15) is 4.52 Å². The second-order valence-electron chi connectivity index (χ2n) is 6.86. The number of aromatic nitrogens is 4. The Morgan fingerprint density at radius 1 is 1.04 bits per heavy atom. The third-order valence-corrected chi connectivity index (χ3v) is 4.43. The SMILES string of the molecule is CC(C)CNc1ccc(-c2ccccc2)c(Oc2ccc3nnc(Cl)n3n2)c1. The van der Waals surface area contributed by atoms with Crippen molar-refractivity contribution in [1.29, 1.82) is 0 Å². The maximum Gasteiger partial charge on any atom is 0.246 e. The van der Waals surface area contributed by atoms with Crippen molar-refractivity contribution in [2.75, 3.05) is 11.9 Å². The van der Waals surface area contributed by atoms with Crippen LogP contribution in [0.4, 0.5) is 5.69 Å². The lowest BCUT2D eigenvalue weighted by Crippen LogP contribution is -2.08. The minimum absolute atomic E-state index is 0.191. The van der Waals surface area contributed by atoms with Crippen LogP contribution in [0.2, 0.25) is 5.28 Å². The first kappa shape index (κ1) is 18.3. The molecule has 28 heavy (non-hydrogen) atoms. The quantitative estimate of drug-likeness (QED) is 0.481. The molecule has 4 aromatic rings. The zero-order valence-electron chi connectivity index (χ0n) is 15.6. The summed E-state index contributed by atoms with van der Waals surface area (Å²) < 4.78 is 7.60. The predicted octanol–water partition coefficient (Wildman–Crippen LogP) is 5.30. The average Bonchev–Trinajstić information content (AvgIpc) is 3.08. The maximum atomic E-state index is 6.16. The monoisotopic (exact) mass is 393 g/mol. The summed E-state index contributed by atoms with van der Waals surface area (Å²) in [6.07, 6.45) is 0. The Kier molecular flexibility index (Phi) is 5.12. The van der Waals surface area contributed by atoms with Crippen LogP contribution in [0, 0.1) is 5.92 Å². The molecule has 0 fully saturated rings. The van der Waals surface area contributed by atoms with Gasteiger partial charge in [-0.3, -0.25) is 0 Å². The normalized spacial score (nSPS) is 11.1. The van der Waals surface area contributed by atoms with Gasteiger partial charge in [-0.05, 0) is 41.3 Å². The number of rotatable bonds is 6. The molecule has 0 atom stereocenters. The smallest absolute Gasteiger partial charge is 0.246 e. The summed E-state index contributed by atoms with van der Waals surface area (Å²) in [6.45, 7) is 5.22. The summed E-state index contributed by atoms with van der Waals surface area (Å²) in [5, 5.41) is 15.8. The van der Waals surface area contributed by atoms with Gasteiger partial charge in [0, 0.05) is 29.9 Å². The molecular formula is C21H20ClN5O. The van der Waals surface area contributed by atoms with Crippen LogP contribution in [-0.4, -0.2) is 26.4 Å². The number of fused-ring (bicyclic) bond motifs is 1. The number of hydrogen-bond acceptors (Lipinski definition) is 5. The Bertz CT molecular complexity index is 1090. The lowest BCUT2D eigenvalue weighted by Gasteiger charge is -2.15. The number of benzene rings is 2. The highest BCUT2D eigenvalue weighted by atomic mass is 35.5. The summed E-state index contributed by atoms with van der Waals surface area (Å²) in [6, 6.07) is 19.7. The first-order valence-electron chi connectivity index (χ1n) is 9.09. The Morgan fingerprint density at radius 3 is 2.64 bits per heavy atom. The van der Waals surface area contributed by atoms with Crippen LogP contribution in [-0.2, 0) is 0 Å². The number of anilines is 1. The van der Waals surface area contributed by atoms with E-state index in [0.717, 1.165) is 23.4 Å². The van der Waals surface area contributed by atoms with E-state index >= 15 is 0 Å². The van der Waals surface area contributed by atoms with Crippen LogP contribution in [0.5, 0.6) is 11.6 Å². The van der Waals surface area contributed by atoms with Crippen LogP contribution in [0.3, 0.4) is 0 Å². The fourth-order valence-corrected chi connectivity index (χ4v) is 2.97. The van der Waals surface area contributed by atoms with Crippen LogP contribution in [0.15, 0.2) is 60.7 Å². The first-order chi connectivity index (χ1) is 13.6. The Morgan fingerprint density at radius 2 is 1.86 bits per heavy atom. The number of nitrogens with zero attached hydrogens (tertiary/aromatic N) is 4. The van der Waals surface area contributed by atoms with Gasteiger partial charge >= 0.3 is 0 Å². The average molecular weight is 394 g/mol. The second kappa shape index (κ2) is 7.86. The topological polar surface area (TPSA) is 64.3 Å². The van der Waals surface area contributed by atoms with E-state index in [-0.39, 0.29) is 5.28 Å². The fourth-order valence-electron chi connectivity index (χ4n) is 2.81. The van der Waals surface area contributed by atoms with Crippen molar-refractivity contribution in [3.8, 4) is 22.8 Å². The zero-order valence-corrected chi connectivity index (χ0v) is 16.4. The molecule has 0 unspecified atom stereocenters. The molecule has 0 aliphatic carbocycles. The highest BCUT2D eigenvalue weighted by Gasteiger charge is 2.12. The van der Waals surface area contributed by atoms with Crippen molar-refractivity contribution in [3.05, 3.63) is 65.9 Å². The van der Waals surface area contributed by atoms with Gasteiger partial charge in [0.05, 0.1) is 0 Å². The minimum atomic E-state index is 0.191. The number of halogens is 1. The predicted molar refractivity (Wildman–Crippen MR) is 111 cm³/mol. The van der Waals surface area contributed by atoms with Crippen molar-refractivity contribution in [2.45, 2.75) is 13.8 Å². The molecule has 0 saturated heterocycles. The van der Waals surface area contributed by atoms with E-state index in [1.165, 1.54) is 4.52 Å². The van der Waals surface area contributed by atoms with Gasteiger partial charge in [-0.15, -0.1) is 15.3 Å². The van der Waals surface area contributed by atoms with Gasteiger partial charge in [0.1, 0.15) is 5.75 Å². The van der Waals surface area contributed by atoms with Gasteiger partial charge in [0.15, 0.2) is 5.65 Å². The molecule has 142 valence electrons. The van der Waals surface area contributed by atoms with Crippen molar-refractivity contribution >= 4 is 22.9 Å². The van der Waals surface area contributed by atoms with Gasteiger partial charge in [-0.25, -0.2) is 0 Å². The van der Waals surface area contributed by atoms with Crippen LogP contribution < -0.4 is 10.1 Å². The van der Waals surface area contributed by atoms with Crippen molar-refractivity contribution in [2.24, 2.45) is 5.92 Å². The molecule has 2 heterocycles. The van der Waals surface area contributed by atoms with Gasteiger partial charge in [0.25, 0.3) is 0 Å². The number of ether oxygens (including phenoxy) is 1.